The molecule has 1 fully saturated rings. The predicted molar refractivity (Wildman–Crippen MR) is 86.9 cm³/mol. The summed E-state index contributed by atoms with van der Waals surface area (Å²) in [7, 11) is 3.00. The quantitative estimate of drug-likeness (QED) is 0.806. The third-order valence-corrected chi connectivity index (χ3v) is 4.19. The number of hydrogen-bond acceptors (Lipinski definition) is 3. The summed E-state index contributed by atoms with van der Waals surface area (Å²) in [6.07, 6.45) is 7.96. The second-order valence-corrected chi connectivity index (χ2v) is 5.78. The number of nitrogens with zero attached hydrogens (tertiary/aromatic N) is 1. The lowest BCUT2D eigenvalue weighted by Crippen LogP contribution is -2.30. The van der Waals surface area contributed by atoms with Crippen molar-refractivity contribution in [2.45, 2.75) is 38.5 Å². The van der Waals surface area contributed by atoms with Crippen LogP contribution in [-0.2, 0) is 4.84 Å². The normalized spacial score (nSPS) is 15.4. The van der Waals surface area contributed by atoms with E-state index in [1.165, 1.54) is 39.2 Å². The van der Waals surface area contributed by atoms with Crippen LogP contribution in [0.2, 0.25) is 0 Å². The average Bonchev–Trinajstić information content (AvgIpc) is 2.56. The summed E-state index contributed by atoms with van der Waals surface area (Å²) in [6.45, 7) is 0.767. The van der Waals surface area contributed by atoms with Gasteiger partial charge in [0.15, 0.2) is 0 Å². The van der Waals surface area contributed by atoms with Gasteiger partial charge in [0, 0.05) is 12.7 Å². The summed E-state index contributed by atoms with van der Waals surface area (Å²) < 4.78 is 5.79. The minimum absolute atomic E-state index is 0.312. The summed E-state index contributed by atoms with van der Waals surface area (Å²) >= 11 is 0. The van der Waals surface area contributed by atoms with Crippen LogP contribution in [0.1, 0.15) is 38.5 Å². The van der Waals surface area contributed by atoms with Gasteiger partial charge in [-0.25, -0.2) is 9.86 Å². The van der Waals surface area contributed by atoms with Gasteiger partial charge >= 0.3 is 6.03 Å². The lowest BCUT2D eigenvalue weighted by molar-refractivity contribution is -0.0598. The molecule has 0 aromatic heterocycles. The number of anilines is 1. The Hall–Kier alpha value is -1.75. The van der Waals surface area contributed by atoms with E-state index in [0.717, 1.165) is 29.8 Å². The molecule has 1 saturated carbocycles. The number of rotatable bonds is 6. The molecule has 22 heavy (non-hydrogen) atoms. The molecule has 122 valence electrons. The van der Waals surface area contributed by atoms with Crippen LogP contribution in [-0.4, -0.2) is 31.9 Å². The minimum Gasteiger partial charge on any atom is -0.494 e. The van der Waals surface area contributed by atoms with Crippen LogP contribution in [0.3, 0.4) is 0 Å². The van der Waals surface area contributed by atoms with Crippen LogP contribution < -0.4 is 10.1 Å². The zero-order chi connectivity index (χ0) is 15.8. The molecule has 1 aromatic carbocycles. The number of nitrogens with one attached hydrogen (secondary N) is 1. The third kappa shape index (κ3) is 5.22. The number of carbonyl (C=O) groups is 1. The Kier molecular flexibility index (Phi) is 6.52. The van der Waals surface area contributed by atoms with Gasteiger partial charge in [-0.1, -0.05) is 32.1 Å². The Morgan fingerprint density at radius 2 is 1.91 bits per heavy atom. The summed E-state index contributed by atoms with van der Waals surface area (Å²) in [5, 5.41) is 3.87. The minimum atomic E-state index is -0.312. The monoisotopic (exact) mass is 306 g/mol. The van der Waals surface area contributed by atoms with Gasteiger partial charge in [-0.05, 0) is 36.6 Å². The Labute approximate surface area is 132 Å². The molecule has 1 aliphatic carbocycles. The summed E-state index contributed by atoms with van der Waals surface area (Å²) in [6, 6.07) is 7.11. The number of hydrogen-bond donors (Lipinski definition) is 1. The number of ether oxygens (including phenoxy) is 1. The zero-order valence-electron chi connectivity index (χ0n) is 13.5. The number of hydroxylamine groups is 2. The molecule has 0 heterocycles. The van der Waals surface area contributed by atoms with E-state index in [-0.39, 0.29) is 6.03 Å². The van der Waals surface area contributed by atoms with Gasteiger partial charge in [-0.3, -0.25) is 4.84 Å². The van der Waals surface area contributed by atoms with Crippen LogP contribution in [0, 0.1) is 5.92 Å². The summed E-state index contributed by atoms with van der Waals surface area (Å²) in [5.74, 6) is 1.67. The Balaban J connectivity index is 1.73. The van der Waals surface area contributed by atoms with E-state index in [2.05, 4.69) is 5.32 Å². The van der Waals surface area contributed by atoms with Gasteiger partial charge in [-0.2, -0.15) is 0 Å². The third-order valence-electron chi connectivity index (χ3n) is 4.19. The molecule has 0 atom stereocenters. The highest BCUT2D eigenvalue weighted by atomic mass is 16.7. The molecule has 2 amide bonds. The van der Waals surface area contributed by atoms with Crippen LogP contribution >= 0.6 is 0 Å². The molecule has 0 aliphatic heterocycles. The molecular formula is C17H26N2O3. The van der Waals surface area contributed by atoms with Crippen LogP contribution in [0.4, 0.5) is 10.5 Å². The van der Waals surface area contributed by atoms with E-state index in [1.807, 2.05) is 24.3 Å². The molecule has 1 aromatic rings. The molecule has 2 rings (SSSR count). The van der Waals surface area contributed by atoms with Gasteiger partial charge < -0.3 is 10.1 Å². The Morgan fingerprint density at radius 1 is 1.23 bits per heavy atom. The van der Waals surface area contributed by atoms with Gasteiger partial charge in [0.05, 0.1) is 13.7 Å². The molecule has 1 N–H and O–H groups in total. The molecule has 0 spiro atoms. The first-order chi connectivity index (χ1) is 10.7. The average molecular weight is 306 g/mol. The maximum atomic E-state index is 11.6. The fraction of sp³-hybridized carbons (Fsp3) is 0.588. The molecule has 5 heteroatoms. The van der Waals surface area contributed by atoms with Crippen molar-refractivity contribution in [3.63, 3.8) is 0 Å². The number of urea groups is 1. The number of benzene rings is 1. The van der Waals surface area contributed by atoms with Gasteiger partial charge in [0.1, 0.15) is 5.75 Å². The summed E-state index contributed by atoms with van der Waals surface area (Å²) in [4.78, 5) is 16.4. The van der Waals surface area contributed by atoms with Crippen molar-refractivity contribution in [3.05, 3.63) is 24.3 Å². The Bertz CT molecular complexity index is 455. The van der Waals surface area contributed by atoms with Crippen molar-refractivity contribution in [2.75, 3.05) is 26.1 Å². The van der Waals surface area contributed by atoms with Crippen molar-refractivity contribution < 1.29 is 14.4 Å². The van der Waals surface area contributed by atoms with E-state index in [1.54, 1.807) is 7.05 Å². The SMILES string of the molecule is CON(C)C(=O)Nc1ccc(OCCC2CCCCC2)cc1. The maximum Gasteiger partial charge on any atom is 0.345 e. The van der Waals surface area contributed by atoms with Crippen molar-refractivity contribution in [3.8, 4) is 5.75 Å². The predicted octanol–water partition coefficient (Wildman–Crippen LogP) is 4.06. The fourth-order valence-corrected chi connectivity index (χ4v) is 2.74. The fourth-order valence-electron chi connectivity index (χ4n) is 2.74. The van der Waals surface area contributed by atoms with Crippen LogP contribution in [0.5, 0.6) is 5.75 Å². The van der Waals surface area contributed by atoms with Gasteiger partial charge in [0.2, 0.25) is 0 Å². The van der Waals surface area contributed by atoms with Crippen LogP contribution in [0.15, 0.2) is 24.3 Å². The second kappa shape index (κ2) is 8.63. The van der Waals surface area contributed by atoms with Crippen molar-refractivity contribution in [1.82, 2.24) is 5.06 Å². The molecular weight excluding hydrogens is 280 g/mol. The number of carbonyl (C=O) groups excluding carboxylic acids is 1. The van der Waals surface area contributed by atoms with Gasteiger partial charge in [-0.15, -0.1) is 0 Å². The molecule has 0 saturated heterocycles. The molecule has 5 nitrogen and oxygen atoms in total. The van der Waals surface area contributed by atoms with Crippen molar-refractivity contribution in [1.29, 1.82) is 0 Å². The van der Waals surface area contributed by atoms with Gasteiger partial charge in [0.25, 0.3) is 0 Å². The molecule has 0 unspecified atom stereocenters. The smallest absolute Gasteiger partial charge is 0.345 e. The molecule has 1 aliphatic rings. The largest absolute Gasteiger partial charge is 0.494 e. The lowest BCUT2D eigenvalue weighted by Gasteiger charge is -2.21. The summed E-state index contributed by atoms with van der Waals surface area (Å²) in [5.41, 5.74) is 0.716. The molecule has 0 bridgehead atoms. The lowest BCUT2D eigenvalue weighted by atomic mass is 9.87. The second-order valence-electron chi connectivity index (χ2n) is 5.78. The topological polar surface area (TPSA) is 50.8 Å². The van der Waals surface area contributed by atoms with E-state index in [9.17, 15) is 4.79 Å². The van der Waals surface area contributed by atoms with Crippen molar-refractivity contribution in [2.24, 2.45) is 5.92 Å². The molecule has 0 radical (unpaired) electrons. The zero-order valence-corrected chi connectivity index (χ0v) is 13.5. The highest BCUT2D eigenvalue weighted by Crippen LogP contribution is 2.26. The Morgan fingerprint density at radius 3 is 2.55 bits per heavy atom. The van der Waals surface area contributed by atoms with Crippen molar-refractivity contribution >= 4 is 11.7 Å². The van der Waals surface area contributed by atoms with Crippen LogP contribution in [0.25, 0.3) is 0 Å². The van der Waals surface area contributed by atoms with E-state index in [0.29, 0.717) is 5.69 Å². The van der Waals surface area contributed by atoms with E-state index in [4.69, 9.17) is 9.57 Å². The first-order valence-corrected chi connectivity index (χ1v) is 8.00. The highest BCUT2D eigenvalue weighted by molar-refractivity contribution is 5.88. The maximum absolute atomic E-state index is 11.6. The highest BCUT2D eigenvalue weighted by Gasteiger charge is 2.13. The standard InChI is InChI=1S/C17H26N2O3/c1-19(21-2)17(20)18-15-8-10-16(11-9-15)22-13-12-14-6-4-3-5-7-14/h8-11,14H,3-7,12-13H2,1-2H3,(H,18,20). The van der Waals surface area contributed by atoms with E-state index < -0.39 is 0 Å². The first-order valence-electron chi connectivity index (χ1n) is 8.00. The number of amides is 2. The van der Waals surface area contributed by atoms with E-state index >= 15 is 0 Å². The first kappa shape index (κ1) is 16.6.